The van der Waals surface area contributed by atoms with Gasteiger partial charge in [-0.15, -0.1) is 0 Å². The van der Waals surface area contributed by atoms with E-state index in [0.717, 1.165) is 37.4 Å². The smallest absolute Gasteiger partial charge is 0.255 e. The van der Waals surface area contributed by atoms with E-state index in [-0.39, 0.29) is 18.1 Å². The minimum Gasteiger partial charge on any atom is -0.390 e. The maximum absolute atomic E-state index is 12.5. The number of β-amino-alcohol motifs (C(OH)–C–C–N with tert-alkyl or cyclic N) is 1. The molecule has 2 saturated heterocycles. The zero-order chi connectivity index (χ0) is 18.6. The van der Waals surface area contributed by atoms with E-state index in [1.54, 1.807) is 0 Å². The van der Waals surface area contributed by atoms with Crippen LogP contribution < -0.4 is 5.32 Å². The Morgan fingerprint density at radius 1 is 1.04 bits per heavy atom. The van der Waals surface area contributed by atoms with Crippen molar-refractivity contribution >= 4 is 11.6 Å². The molecule has 5 nitrogen and oxygen atoms in total. The number of benzene rings is 2. The molecular weight excluding hydrogens is 338 g/mol. The van der Waals surface area contributed by atoms with Crippen LogP contribution in [-0.4, -0.2) is 59.1 Å². The van der Waals surface area contributed by atoms with E-state index in [9.17, 15) is 9.90 Å². The predicted octanol–water partition coefficient (Wildman–Crippen LogP) is 2.58. The van der Waals surface area contributed by atoms with Crippen molar-refractivity contribution in [3.8, 4) is 0 Å². The fourth-order valence-electron chi connectivity index (χ4n) is 4.20. The Morgan fingerprint density at radius 2 is 1.81 bits per heavy atom. The van der Waals surface area contributed by atoms with Gasteiger partial charge in [-0.25, -0.2) is 0 Å². The third-order valence-corrected chi connectivity index (χ3v) is 5.57. The van der Waals surface area contributed by atoms with Gasteiger partial charge in [0.1, 0.15) is 0 Å². The number of rotatable bonds is 5. The number of amides is 1. The summed E-state index contributed by atoms with van der Waals surface area (Å²) in [6, 6.07) is 17.5. The molecule has 142 valence electrons. The van der Waals surface area contributed by atoms with Gasteiger partial charge in [-0.1, -0.05) is 30.3 Å². The third kappa shape index (κ3) is 4.38. The fourth-order valence-corrected chi connectivity index (χ4v) is 4.20. The summed E-state index contributed by atoms with van der Waals surface area (Å²) in [5.41, 5.74) is 2.56. The van der Waals surface area contributed by atoms with Crippen molar-refractivity contribution in [1.29, 1.82) is 0 Å². The van der Waals surface area contributed by atoms with Crippen LogP contribution in [0.2, 0.25) is 0 Å². The van der Waals surface area contributed by atoms with Crippen LogP contribution in [0.3, 0.4) is 0 Å². The molecule has 0 bridgehead atoms. The number of nitrogens with zero attached hydrogens (tertiary/aromatic N) is 2. The van der Waals surface area contributed by atoms with Crippen molar-refractivity contribution in [3.05, 3.63) is 65.7 Å². The van der Waals surface area contributed by atoms with Crippen LogP contribution in [-0.2, 0) is 6.54 Å². The first-order valence-electron chi connectivity index (χ1n) is 9.79. The van der Waals surface area contributed by atoms with Crippen LogP contribution in [0.15, 0.2) is 54.6 Å². The second kappa shape index (κ2) is 8.21. The van der Waals surface area contributed by atoms with Crippen molar-refractivity contribution in [2.45, 2.75) is 31.5 Å². The Hall–Kier alpha value is -2.21. The molecule has 2 aliphatic rings. The van der Waals surface area contributed by atoms with E-state index in [1.807, 2.05) is 48.5 Å². The van der Waals surface area contributed by atoms with E-state index < -0.39 is 0 Å². The van der Waals surface area contributed by atoms with Crippen LogP contribution in [0.4, 0.5) is 5.69 Å². The van der Waals surface area contributed by atoms with E-state index in [0.29, 0.717) is 12.1 Å². The predicted molar refractivity (Wildman–Crippen MR) is 107 cm³/mol. The third-order valence-electron chi connectivity index (χ3n) is 5.57. The Kier molecular flexibility index (Phi) is 5.53. The number of para-hydroxylation sites is 1. The summed E-state index contributed by atoms with van der Waals surface area (Å²) in [7, 11) is 0. The second-order valence-corrected chi connectivity index (χ2v) is 7.59. The van der Waals surface area contributed by atoms with Gasteiger partial charge in [0.15, 0.2) is 0 Å². The molecule has 0 spiro atoms. The van der Waals surface area contributed by atoms with Crippen LogP contribution in [0.5, 0.6) is 0 Å². The Bertz CT molecular complexity index is 774. The lowest BCUT2D eigenvalue weighted by molar-refractivity contribution is 0.0977. The zero-order valence-corrected chi connectivity index (χ0v) is 15.6. The number of hydrogen-bond acceptors (Lipinski definition) is 4. The van der Waals surface area contributed by atoms with Crippen molar-refractivity contribution < 1.29 is 9.90 Å². The molecule has 0 saturated carbocycles. The monoisotopic (exact) mass is 365 g/mol. The first-order valence-corrected chi connectivity index (χ1v) is 9.79. The molecule has 0 radical (unpaired) electrons. The van der Waals surface area contributed by atoms with Crippen molar-refractivity contribution in [3.63, 3.8) is 0 Å². The molecule has 2 atom stereocenters. The largest absolute Gasteiger partial charge is 0.390 e. The topological polar surface area (TPSA) is 55.8 Å². The molecule has 4 rings (SSSR count). The lowest BCUT2D eigenvalue weighted by Crippen LogP contribution is -2.41. The number of nitrogens with one attached hydrogen (secondary N) is 1. The molecule has 5 heteroatoms. The van der Waals surface area contributed by atoms with Crippen molar-refractivity contribution in [1.82, 2.24) is 9.80 Å². The zero-order valence-electron chi connectivity index (χ0n) is 15.6. The van der Waals surface area contributed by atoms with Gasteiger partial charge >= 0.3 is 0 Å². The second-order valence-electron chi connectivity index (χ2n) is 7.59. The minimum absolute atomic E-state index is 0.0977. The number of carbonyl (C=O) groups is 1. The quantitative estimate of drug-likeness (QED) is 0.855. The Balaban J connectivity index is 1.38. The van der Waals surface area contributed by atoms with Gasteiger partial charge in [-0.3, -0.25) is 14.6 Å². The highest BCUT2D eigenvalue weighted by Gasteiger charge is 2.36. The Morgan fingerprint density at radius 3 is 2.59 bits per heavy atom. The van der Waals surface area contributed by atoms with Crippen molar-refractivity contribution in [2.24, 2.45) is 0 Å². The molecule has 1 amide bonds. The Labute approximate surface area is 160 Å². The van der Waals surface area contributed by atoms with E-state index in [4.69, 9.17) is 0 Å². The standard InChI is InChI=1S/C22H27N3O2/c26-21-16-24(15-20(21)25-11-4-5-12-25)14-17-7-6-8-18(13-17)22(27)23-19-9-2-1-3-10-19/h1-3,6-10,13,20-21,26H,4-5,11-12,14-16H2,(H,23,27)/t20-,21-/m1/s1. The summed E-state index contributed by atoms with van der Waals surface area (Å²) in [4.78, 5) is 17.2. The van der Waals surface area contributed by atoms with Gasteiger partial charge in [0, 0.05) is 36.9 Å². The lowest BCUT2D eigenvalue weighted by Gasteiger charge is -2.25. The minimum atomic E-state index is -0.285. The molecule has 2 N–H and O–H groups in total. The number of carbonyl (C=O) groups excluding carboxylic acids is 1. The van der Waals surface area contributed by atoms with Gasteiger partial charge in [0.05, 0.1) is 6.10 Å². The SMILES string of the molecule is O=C(Nc1ccccc1)c1cccc(CN2C[C@@H](O)[C@H](N3CCCC3)C2)c1. The van der Waals surface area contributed by atoms with E-state index in [1.165, 1.54) is 12.8 Å². The first kappa shape index (κ1) is 18.2. The molecule has 0 unspecified atom stereocenters. The maximum Gasteiger partial charge on any atom is 0.255 e. The van der Waals surface area contributed by atoms with Crippen LogP contribution in [0, 0.1) is 0 Å². The molecule has 2 fully saturated rings. The van der Waals surface area contributed by atoms with E-state index >= 15 is 0 Å². The summed E-state index contributed by atoms with van der Waals surface area (Å²) in [6.07, 6.45) is 2.19. The highest BCUT2D eigenvalue weighted by Crippen LogP contribution is 2.22. The average Bonchev–Trinajstić information content (AvgIpc) is 3.32. The molecule has 0 aromatic heterocycles. The summed E-state index contributed by atoms with van der Waals surface area (Å²) < 4.78 is 0. The van der Waals surface area contributed by atoms with Crippen LogP contribution >= 0.6 is 0 Å². The number of anilines is 1. The highest BCUT2D eigenvalue weighted by atomic mass is 16.3. The number of aliphatic hydroxyl groups is 1. The van der Waals surface area contributed by atoms with Gasteiger partial charge < -0.3 is 10.4 Å². The maximum atomic E-state index is 12.5. The summed E-state index contributed by atoms with van der Waals surface area (Å²) in [6.45, 7) is 4.55. The van der Waals surface area contributed by atoms with Crippen molar-refractivity contribution in [2.75, 3.05) is 31.5 Å². The summed E-state index contributed by atoms with van der Waals surface area (Å²) >= 11 is 0. The van der Waals surface area contributed by atoms with Gasteiger partial charge in [-0.2, -0.15) is 0 Å². The summed E-state index contributed by atoms with van der Waals surface area (Å²) in [5, 5.41) is 13.4. The molecular formula is C22H27N3O2. The molecule has 27 heavy (non-hydrogen) atoms. The lowest BCUT2D eigenvalue weighted by atomic mass is 10.1. The number of aliphatic hydroxyl groups excluding tert-OH is 1. The molecule has 0 aliphatic carbocycles. The normalized spacial score (nSPS) is 23.6. The highest BCUT2D eigenvalue weighted by molar-refractivity contribution is 6.04. The van der Waals surface area contributed by atoms with Gasteiger partial charge in [-0.05, 0) is 55.8 Å². The molecule has 2 aliphatic heterocycles. The summed E-state index contributed by atoms with van der Waals surface area (Å²) in [5.74, 6) is -0.0977. The average molecular weight is 365 g/mol. The fraction of sp³-hybridized carbons (Fsp3) is 0.409. The number of likely N-dealkylation sites (tertiary alicyclic amines) is 2. The number of hydrogen-bond donors (Lipinski definition) is 2. The van der Waals surface area contributed by atoms with Gasteiger partial charge in [0.2, 0.25) is 0 Å². The first-order chi connectivity index (χ1) is 13.2. The molecule has 2 heterocycles. The van der Waals surface area contributed by atoms with E-state index in [2.05, 4.69) is 21.2 Å². The molecule has 2 aromatic carbocycles. The van der Waals surface area contributed by atoms with Crippen LogP contribution in [0.1, 0.15) is 28.8 Å². The van der Waals surface area contributed by atoms with Gasteiger partial charge in [0.25, 0.3) is 5.91 Å². The van der Waals surface area contributed by atoms with Crippen LogP contribution in [0.25, 0.3) is 0 Å². The molecule has 2 aromatic rings.